The summed E-state index contributed by atoms with van der Waals surface area (Å²) >= 11 is 1.80. The van der Waals surface area contributed by atoms with E-state index in [0.29, 0.717) is 11.8 Å². The van der Waals surface area contributed by atoms with E-state index in [4.69, 9.17) is 0 Å². The molecule has 0 spiro atoms. The zero-order valence-corrected chi connectivity index (χ0v) is 13.2. The van der Waals surface area contributed by atoms with Crippen molar-refractivity contribution < 1.29 is 4.79 Å². The quantitative estimate of drug-likeness (QED) is 0.922. The third kappa shape index (κ3) is 2.63. The van der Waals surface area contributed by atoms with E-state index in [2.05, 4.69) is 36.2 Å². The Kier molecular flexibility index (Phi) is 4.13. The highest BCUT2D eigenvalue weighted by Gasteiger charge is 2.40. The van der Waals surface area contributed by atoms with Gasteiger partial charge >= 0.3 is 0 Å². The predicted octanol–water partition coefficient (Wildman–Crippen LogP) is 3.46. The Morgan fingerprint density at radius 3 is 2.70 bits per heavy atom. The second-order valence-corrected chi connectivity index (χ2v) is 7.44. The van der Waals surface area contributed by atoms with Crippen molar-refractivity contribution in [1.82, 2.24) is 10.2 Å². The van der Waals surface area contributed by atoms with Gasteiger partial charge in [0.15, 0.2) is 0 Å². The molecule has 0 bridgehead atoms. The molecule has 0 aromatic carbocycles. The van der Waals surface area contributed by atoms with Crippen molar-refractivity contribution in [3.63, 3.8) is 0 Å². The highest BCUT2D eigenvalue weighted by atomic mass is 32.1. The van der Waals surface area contributed by atoms with Crippen molar-refractivity contribution in [2.75, 3.05) is 6.54 Å². The van der Waals surface area contributed by atoms with Crippen molar-refractivity contribution in [2.45, 2.75) is 58.2 Å². The van der Waals surface area contributed by atoms with Crippen LogP contribution in [0.5, 0.6) is 0 Å². The first kappa shape index (κ1) is 14.1. The molecule has 110 valence electrons. The van der Waals surface area contributed by atoms with Crippen LogP contribution in [0.25, 0.3) is 0 Å². The summed E-state index contributed by atoms with van der Waals surface area (Å²) in [5.74, 6) is 1.01. The lowest BCUT2D eigenvalue weighted by Crippen LogP contribution is -2.34. The maximum absolute atomic E-state index is 12.6. The first-order chi connectivity index (χ1) is 9.69. The van der Waals surface area contributed by atoms with Crippen LogP contribution in [0.2, 0.25) is 0 Å². The summed E-state index contributed by atoms with van der Waals surface area (Å²) in [5, 5.41) is 3.53. The van der Waals surface area contributed by atoms with E-state index in [1.807, 2.05) is 0 Å². The van der Waals surface area contributed by atoms with Crippen LogP contribution in [-0.4, -0.2) is 23.4 Å². The molecule has 1 aliphatic carbocycles. The number of carbonyl (C=O) groups excluding carboxylic acids is 1. The first-order valence-corrected chi connectivity index (χ1v) is 8.63. The first-order valence-electron chi connectivity index (χ1n) is 7.82. The number of nitrogens with zero attached hydrogens (tertiary/aromatic N) is 1. The zero-order chi connectivity index (χ0) is 14.1. The lowest BCUT2D eigenvalue weighted by atomic mass is 10.1. The molecule has 3 rings (SSSR count). The lowest BCUT2D eigenvalue weighted by molar-refractivity contribution is -0.130. The van der Waals surface area contributed by atoms with E-state index in [1.165, 1.54) is 35.4 Å². The van der Waals surface area contributed by atoms with E-state index in [0.717, 1.165) is 13.0 Å². The lowest BCUT2D eigenvalue weighted by Gasteiger charge is -2.26. The zero-order valence-electron chi connectivity index (χ0n) is 12.4. The molecule has 2 atom stereocenters. The van der Waals surface area contributed by atoms with Crippen LogP contribution >= 0.6 is 11.3 Å². The Bertz CT molecular complexity index is 479. The molecule has 0 radical (unpaired) electrons. The average Bonchev–Trinajstić information content (AvgIpc) is 3.14. The van der Waals surface area contributed by atoms with Crippen LogP contribution in [0, 0.1) is 12.8 Å². The summed E-state index contributed by atoms with van der Waals surface area (Å²) in [7, 11) is 0. The van der Waals surface area contributed by atoms with Crippen molar-refractivity contribution in [3.8, 4) is 0 Å². The topological polar surface area (TPSA) is 32.3 Å². The van der Waals surface area contributed by atoms with Crippen LogP contribution in [0.1, 0.15) is 54.9 Å². The third-order valence-corrected chi connectivity index (χ3v) is 5.67. The summed E-state index contributed by atoms with van der Waals surface area (Å²) < 4.78 is 0. The third-order valence-electron chi connectivity index (χ3n) is 4.62. The van der Waals surface area contributed by atoms with Gasteiger partial charge in [-0.2, -0.15) is 0 Å². The second-order valence-electron chi connectivity index (χ2n) is 6.12. The fourth-order valence-corrected chi connectivity index (χ4v) is 4.43. The number of hydrogen-bond acceptors (Lipinski definition) is 3. The molecule has 1 saturated heterocycles. The molecule has 2 fully saturated rings. The second kappa shape index (κ2) is 5.86. The Morgan fingerprint density at radius 2 is 2.10 bits per heavy atom. The van der Waals surface area contributed by atoms with Gasteiger partial charge in [-0.25, -0.2) is 0 Å². The number of carbonyl (C=O) groups is 1. The molecule has 2 heterocycles. The smallest absolute Gasteiger partial charge is 0.241 e. The summed E-state index contributed by atoms with van der Waals surface area (Å²) in [6.45, 7) is 5.15. The number of rotatable bonds is 4. The number of aryl methyl sites for hydroxylation is 1. The van der Waals surface area contributed by atoms with E-state index < -0.39 is 0 Å². The van der Waals surface area contributed by atoms with Crippen molar-refractivity contribution in [2.24, 2.45) is 5.92 Å². The SMILES string of the molecule is CCC1NC(c2ccc(C)s2)N(CC2CCCC2)C1=O. The summed E-state index contributed by atoms with van der Waals surface area (Å²) in [4.78, 5) is 17.3. The van der Waals surface area contributed by atoms with Crippen LogP contribution in [0.15, 0.2) is 12.1 Å². The van der Waals surface area contributed by atoms with Crippen LogP contribution in [0.4, 0.5) is 0 Å². The van der Waals surface area contributed by atoms with E-state index in [-0.39, 0.29) is 12.2 Å². The average molecular weight is 292 g/mol. The van der Waals surface area contributed by atoms with Gasteiger partial charge in [-0.3, -0.25) is 10.1 Å². The number of amides is 1. The molecule has 3 nitrogen and oxygen atoms in total. The van der Waals surface area contributed by atoms with Crippen LogP contribution in [0.3, 0.4) is 0 Å². The van der Waals surface area contributed by atoms with Crippen molar-refractivity contribution in [3.05, 3.63) is 21.9 Å². The van der Waals surface area contributed by atoms with Gasteiger partial charge in [0.05, 0.1) is 6.04 Å². The largest absolute Gasteiger partial charge is 0.320 e. The van der Waals surface area contributed by atoms with Gasteiger partial charge in [0.2, 0.25) is 5.91 Å². The molecule has 1 aromatic heterocycles. The number of hydrogen-bond donors (Lipinski definition) is 1. The Morgan fingerprint density at radius 1 is 1.35 bits per heavy atom. The van der Waals surface area contributed by atoms with E-state index in [1.54, 1.807) is 11.3 Å². The predicted molar refractivity (Wildman–Crippen MR) is 82.7 cm³/mol. The molecule has 1 amide bonds. The minimum atomic E-state index is 0.00353. The van der Waals surface area contributed by atoms with Gasteiger partial charge in [-0.05, 0) is 44.2 Å². The summed E-state index contributed by atoms with van der Waals surface area (Å²) in [6, 6.07) is 4.33. The summed E-state index contributed by atoms with van der Waals surface area (Å²) in [6.07, 6.45) is 6.22. The van der Waals surface area contributed by atoms with Crippen LogP contribution in [-0.2, 0) is 4.79 Å². The van der Waals surface area contributed by atoms with Gasteiger partial charge in [0, 0.05) is 16.3 Å². The maximum atomic E-state index is 12.6. The molecule has 1 aliphatic heterocycles. The minimum Gasteiger partial charge on any atom is -0.320 e. The molecule has 20 heavy (non-hydrogen) atoms. The number of nitrogens with one attached hydrogen (secondary N) is 1. The number of thiophene rings is 1. The Labute approximate surface area is 125 Å². The minimum absolute atomic E-state index is 0.00353. The fraction of sp³-hybridized carbons (Fsp3) is 0.688. The van der Waals surface area contributed by atoms with E-state index >= 15 is 0 Å². The Hall–Kier alpha value is -0.870. The van der Waals surface area contributed by atoms with E-state index in [9.17, 15) is 4.79 Å². The molecule has 1 saturated carbocycles. The van der Waals surface area contributed by atoms with Crippen LogP contribution < -0.4 is 5.32 Å². The van der Waals surface area contributed by atoms with Gasteiger partial charge in [-0.1, -0.05) is 19.8 Å². The Balaban J connectivity index is 1.79. The van der Waals surface area contributed by atoms with Gasteiger partial charge in [0.25, 0.3) is 0 Å². The highest BCUT2D eigenvalue weighted by molar-refractivity contribution is 7.12. The molecule has 2 aliphatic rings. The molecular formula is C16H24N2OS. The molecular weight excluding hydrogens is 268 g/mol. The fourth-order valence-electron chi connectivity index (χ4n) is 3.47. The van der Waals surface area contributed by atoms with Gasteiger partial charge < -0.3 is 4.90 Å². The van der Waals surface area contributed by atoms with Gasteiger partial charge in [-0.15, -0.1) is 11.3 Å². The highest BCUT2D eigenvalue weighted by Crippen LogP contribution is 2.34. The maximum Gasteiger partial charge on any atom is 0.241 e. The standard InChI is InChI=1S/C16H24N2OS/c1-3-13-16(19)18(10-12-6-4-5-7-12)15(17-13)14-9-8-11(2)20-14/h8-9,12-13,15,17H,3-7,10H2,1-2H3. The van der Waals surface area contributed by atoms with Gasteiger partial charge in [0.1, 0.15) is 6.17 Å². The molecule has 1 aromatic rings. The van der Waals surface area contributed by atoms with Crippen molar-refractivity contribution >= 4 is 17.2 Å². The summed E-state index contributed by atoms with van der Waals surface area (Å²) in [5.41, 5.74) is 0. The molecule has 2 unspecified atom stereocenters. The molecule has 4 heteroatoms. The molecule has 1 N–H and O–H groups in total. The monoisotopic (exact) mass is 292 g/mol. The van der Waals surface area contributed by atoms with Crippen molar-refractivity contribution in [1.29, 1.82) is 0 Å². The normalized spacial score (nSPS) is 27.7.